The summed E-state index contributed by atoms with van der Waals surface area (Å²) in [4.78, 5) is 0. The highest BCUT2D eigenvalue weighted by molar-refractivity contribution is 7.92. The van der Waals surface area contributed by atoms with Crippen LogP contribution in [0.25, 0.3) is 0 Å². The maximum absolute atomic E-state index is 12.8. The first-order valence-corrected chi connectivity index (χ1v) is 6.20. The standard InChI is InChI=1S/C9H12F2N2O2S/c1-12-4-5-16(14,15)13-7-2-3-8(10)9(11)6-7/h2-3,6,12-13H,4-5H2,1H3. The van der Waals surface area contributed by atoms with Gasteiger partial charge in [0, 0.05) is 12.6 Å². The van der Waals surface area contributed by atoms with E-state index in [-0.39, 0.29) is 18.0 Å². The van der Waals surface area contributed by atoms with Crippen LogP contribution >= 0.6 is 0 Å². The lowest BCUT2D eigenvalue weighted by Crippen LogP contribution is -2.24. The fraction of sp³-hybridized carbons (Fsp3) is 0.333. The first kappa shape index (κ1) is 12.9. The van der Waals surface area contributed by atoms with Gasteiger partial charge in [-0.05, 0) is 19.2 Å². The first-order valence-electron chi connectivity index (χ1n) is 4.55. The van der Waals surface area contributed by atoms with E-state index in [9.17, 15) is 17.2 Å². The maximum Gasteiger partial charge on any atom is 0.233 e. The number of hydrogen-bond donors (Lipinski definition) is 2. The molecule has 0 radical (unpaired) electrons. The summed E-state index contributed by atoms with van der Waals surface area (Å²) in [7, 11) is -1.91. The lowest BCUT2D eigenvalue weighted by Gasteiger charge is -2.07. The monoisotopic (exact) mass is 250 g/mol. The van der Waals surface area contributed by atoms with Crippen molar-refractivity contribution < 1.29 is 17.2 Å². The molecule has 2 N–H and O–H groups in total. The Kier molecular flexibility index (Phi) is 4.19. The molecular weight excluding hydrogens is 238 g/mol. The van der Waals surface area contributed by atoms with E-state index in [4.69, 9.17) is 0 Å². The fourth-order valence-corrected chi connectivity index (χ4v) is 2.09. The molecule has 0 atom stereocenters. The zero-order valence-corrected chi connectivity index (χ0v) is 9.44. The number of nitrogens with one attached hydrogen (secondary N) is 2. The summed E-state index contributed by atoms with van der Waals surface area (Å²) in [6.07, 6.45) is 0. The van der Waals surface area contributed by atoms with Crippen LogP contribution in [0.1, 0.15) is 0 Å². The van der Waals surface area contributed by atoms with Gasteiger partial charge in [0.15, 0.2) is 11.6 Å². The number of anilines is 1. The summed E-state index contributed by atoms with van der Waals surface area (Å²) in [5.41, 5.74) is 0.00926. The predicted octanol–water partition coefficient (Wildman–Crippen LogP) is 0.926. The van der Waals surface area contributed by atoms with Crippen molar-refractivity contribution in [3.05, 3.63) is 29.8 Å². The topological polar surface area (TPSA) is 58.2 Å². The molecule has 0 unspecified atom stereocenters. The van der Waals surface area contributed by atoms with E-state index in [0.717, 1.165) is 18.2 Å². The van der Waals surface area contributed by atoms with Crippen LogP contribution in [0.3, 0.4) is 0 Å². The molecule has 0 fully saturated rings. The molecule has 0 heterocycles. The minimum atomic E-state index is -3.53. The third-order valence-electron chi connectivity index (χ3n) is 1.81. The minimum absolute atomic E-state index is 0.00926. The molecule has 0 aliphatic carbocycles. The molecule has 0 aromatic heterocycles. The molecule has 0 spiro atoms. The molecule has 0 saturated carbocycles. The molecule has 1 rings (SSSR count). The van der Waals surface area contributed by atoms with Crippen LogP contribution in [0.5, 0.6) is 0 Å². The Morgan fingerprint density at radius 2 is 1.94 bits per heavy atom. The van der Waals surface area contributed by atoms with Crippen LogP contribution < -0.4 is 10.0 Å². The maximum atomic E-state index is 12.8. The van der Waals surface area contributed by atoms with E-state index in [1.807, 2.05) is 0 Å². The summed E-state index contributed by atoms with van der Waals surface area (Å²) in [6.45, 7) is 0.277. The summed E-state index contributed by atoms with van der Waals surface area (Å²) in [5.74, 6) is -2.24. The van der Waals surface area contributed by atoms with Crippen LogP contribution in [0.2, 0.25) is 0 Å². The van der Waals surface area contributed by atoms with Gasteiger partial charge in [0.1, 0.15) is 0 Å². The number of benzene rings is 1. The van der Waals surface area contributed by atoms with Crippen molar-refractivity contribution in [1.82, 2.24) is 5.32 Å². The zero-order chi connectivity index (χ0) is 12.2. The van der Waals surface area contributed by atoms with Crippen LogP contribution in [-0.2, 0) is 10.0 Å². The first-order chi connectivity index (χ1) is 7.44. The minimum Gasteiger partial charge on any atom is -0.319 e. The molecule has 4 nitrogen and oxygen atoms in total. The van der Waals surface area contributed by atoms with Gasteiger partial charge in [-0.2, -0.15) is 0 Å². The van der Waals surface area contributed by atoms with Crippen molar-refractivity contribution in [3.63, 3.8) is 0 Å². The molecule has 1 aromatic rings. The highest BCUT2D eigenvalue weighted by atomic mass is 32.2. The van der Waals surface area contributed by atoms with Crippen LogP contribution in [0.15, 0.2) is 18.2 Å². The fourth-order valence-electron chi connectivity index (χ4n) is 1.03. The molecule has 16 heavy (non-hydrogen) atoms. The number of sulfonamides is 1. The van der Waals surface area contributed by atoms with Gasteiger partial charge in [-0.1, -0.05) is 0 Å². The van der Waals surface area contributed by atoms with Crippen molar-refractivity contribution >= 4 is 15.7 Å². The summed E-state index contributed by atoms with van der Waals surface area (Å²) in [5, 5.41) is 2.68. The highest BCUT2D eigenvalue weighted by Crippen LogP contribution is 2.14. The van der Waals surface area contributed by atoms with E-state index in [1.54, 1.807) is 7.05 Å². The third kappa shape index (κ3) is 3.74. The molecule has 90 valence electrons. The largest absolute Gasteiger partial charge is 0.319 e. The van der Waals surface area contributed by atoms with Gasteiger partial charge in [0.05, 0.1) is 11.4 Å². The molecular formula is C9H12F2N2O2S. The molecule has 1 aromatic carbocycles. The lowest BCUT2D eigenvalue weighted by molar-refractivity contribution is 0.509. The normalized spacial score (nSPS) is 11.4. The van der Waals surface area contributed by atoms with E-state index in [0.29, 0.717) is 0 Å². The molecule has 0 aliphatic rings. The quantitative estimate of drug-likeness (QED) is 0.817. The van der Waals surface area contributed by atoms with E-state index < -0.39 is 21.7 Å². The summed E-state index contributed by atoms with van der Waals surface area (Å²) < 4.78 is 50.3. The predicted molar refractivity (Wildman–Crippen MR) is 57.7 cm³/mol. The van der Waals surface area contributed by atoms with Crippen LogP contribution in [-0.4, -0.2) is 27.8 Å². The van der Waals surface area contributed by atoms with E-state index >= 15 is 0 Å². The Morgan fingerprint density at radius 3 is 2.50 bits per heavy atom. The molecule has 0 aliphatic heterocycles. The van der Waals surface area contributed by atoms with E-state index in [2.05, 4.69) is 10.0 Å². The molecule has 0 amide bonds. The van der Waals surface area contributed by atoms with E-state index in [1.165, 1.54) is 0 Å². The van der Waals surface area contributed by atoms with Crippen molar-refractivity contribution in [1.29, 1.82) is 0 Å². The van der Waals surface area contributed by atoms with Gasteiger partial charge < -0.3 is 5.32 Å². The van der Waals surface area contributed by atoms with Gasteiger partial charge in [-0.3, -0.25) is 4.72 Å². The number of halogens is 2. The number of hydrogen-bond acceptors (Lipinski definition) is 3. The lowest BCUT2D eigenvalue weighted by atomic mass is 10.3. The molecule has 7 heteroatoms. The van der Waals surface area contributed by atoms with Crippen LogP contribution in [0, 0.1) is 11.6 Å². The Balaban J connectivity index is 2.76. The second kappa shape index (κ2) is 5.22. The molecule has 0 bridgehead atoms. The van der Waals surface area contributed by atoms with Gasteiger partial charge in [0.2, 0.25) is 10.0 Å². The van der Waals surface area contributed by atoms with Gasteiger partial charge in [-0.25, -0.2) is 17.2 Å². The SMILES string of the molecule is CNCCS(=O)(=O)Nc1ccc(F)c(F)c1. The van der Waals surface area contributed by atoms with Crippen molar-refractivity contribution in [2.75, 3.05) is 24.1 Å². The smallest absolute Gasteiger partial charge is 0.233 e. The van der Waals surface area contributed by atoms with Crippen LogP contribution in [0.4, 0.5) is 14.5 Å². The average molecular weight is 250 g/mol. The number of rotatable bonds is 5. The van der Waals surface area contributed by atoms with Crippen molar-refractivity contribution in [3.8, 4) is 0 Å². The van der Waals surface area contributed by atoms with Gasteiger partial charge in [0.25, 0.3) is 0 Å². The second-order valence-corrected chi connectivity index (χ2v) is 5.00. The Hall–Kier alpha value is -1.21. The third-order valence-corrected chi connectivity index (χ3v) is 3.10. The van der Waals surface area contributed by atoms with Crippen molar-refractivity contribution in [2.24, 2.45) is 0 Å². The highest BCUT2D eigenvalue weighted by Gasteiger charge is 2.11. The second-order valence-electron chi connectivity index (χ2n) is 3.15. The Bertz CT molecular complexity index is 463. The Morgan fingerprint density at radius 1 is 1.25 bits per heavy atom. The van der Waals surface area contributed by atoms with Gasteiger partial charge >= 0.3 is 0 Å². The van der Waals surface area contributed by atoms with Gasteiger partial charge in [-0.15, -0.1) is 0 Å². The van der Waals surface area contributed by atoms with Crippen molar-refractivity contribution in [2.45, 2.75) is 0 Å². The summed E-state index contributed by atoms with van der Waals surface area (Å²) >= 11 is 0. The average Bonchev–Trinajstić information content (AvgIpc) is 2.20. The Labute approximate surface area is 92.7 Å². The molecule has 0 saturated heterocycles. The zero-order valence-electron chi connectivity index (χ0n) is 8.63. The summed E-state index contributed by atoms with van der Waals surface area (Å²) in [6, 6.07) is 2.83.